The zero-order valence-electron chi connectivity index (χ0n) is 8.90. The fourth-order valence-corrected chi connectivity index (χ4v) is 4.20. The van der Waals surface area contributed by atoms with E-state index in [9.17, 15) is 8.42 Å². The summed E-state index contributed by atoms with van der Waals surface area (Å²) in [6.07, 6.45) is 2.22. The van der Waals surface area contributed by atoms with Crippen molar-refractivity contribution < 1.29 is 8.42 Å². The van der Waals surface area contributed by atoms with Crippen LogP contribution in [0, 0.1) is 0 Å². The number of sulfone groups is 1. The molecule has 1 aromatic heterocycles. The summed E-state index contributed by atoms with van der Waals surface area (Å²) in [7, 11) is -2.90. The first-order valence-corrected chi connectivity index (χ1v) is 7.19. The summed E-state index contributed by atoms with van der Waals surface area (Å²) in [4.78, 5) is 3.87. The molecule has 0 bridgehead atoms. The number of anilines is 1. The van der Waals surface area contributed by atoms with E-state index in [0.29, 0.717) is 11.6 Å². The van der Waals surface area contributed by atoms with Crippen molar-refractivity contribution in [1.82, 2.24) is 4.98 Å². The first-order valence-electron chi connectivity index (χ1n) is 4.99. The summed E-state index contributed by atoms with van der Waals surface area (Å²) < 4.78 is 22.8. The van der Waals surface area contributed by atoms with Gasteiger partial charge >= 0.3 is 0 Å². The SMILES string of the molecule is CC1(Nc2ccnc(Cl)c2)CCS(=O)(=O)C1. The summed E-state index contributed by atoms with van der Waals surface area (Å²) >= 11 is 5.76. The lowest BCUT2D eigenvalue weighted by molar-refractivity contribution is 0.574. The van der Waals surface area contributed by atoms with Crippen molar-refractivity contribution in [2.75, 3.05) is 16.8 Å². The number of hydrogen-bond acceptors (Lipinski definition) is 4. The Hall–Kier alpha value is -0.810. The molecule has 1 fully saturated rings. The average molecular weight is 261 g/mol. The van der Waals surface area contributed by atoms with E-state index < -0.39 is 15.4 Å². The van der Waals surface area contributed by atoms with Gasteiger partial charge in [-0.1, -0.05) is 11.6 Å². The molecule has 88 valence electrons. The largest absolute Gasteiger partial charge is 0.379 e. The summed E-state index contributed by atoms with van der Waals surface area (Å²) in [5, 5.41) is 3.61. The van der Waals surface area contributed by atoms with Crippen molar-refractivity contribution in [2.24, 2.45) is 0 Å². The van der Waals surface area contributed by atoms with Gasteiger partial charge in [-0.2, -0.15) is 0 Å². The summed E-state index contributed by atoms with van der Waals surface area (Å²) in [5.74, 6) is 0.412. The molecule has 16 heavy (non-hydrogen) atoms. The Balaban J connectivity index is 2.16. The van der Waals surface area contributed by atoms with Gasteiger partial charge in [-0.15, -0.1) is 0 Å². The molecule has 4 nitrogen and oxygen atoms in total. The Kier molecular flexibility index (Phi) is 2.84. The van der Waals surface area contributed by atoms with Crippen molar-refractivity contribution in [1.29, 1.82) is 0 Å². The number of hydrogen-bond donors (Lipinski definition) is 1. The van der Waals surface area contributed by atoms with E-state index in [2.05, 4.69) is 10.3 Å². The highest BCUT2D eigenvalue weighted by molar-refractivity contribution is 7.91. The molecular formula is C10H13ClN2O2S. The molecule has 1 atom stereocenters. The monoisotopic (exact) mass is 260 g/mol. The maximum absolute atomic E-state index is 11.4. The Morgan fingerprint density at radius 3 is 2.88 bits per heavy atom. The molecule has 0 radical (unpaired) electrons. The number of rotatable bonds is 2. The zero-order chi connectivity index (χ0) is 11.8. The van der Waals surface area contributed by atoms with Gasteiger partial charge in [-0.3, -0.25) is 0 Å². The molecule has 1 unspecified atom stereocenters. The number of nitrogens with zero attached hydrogens (tertiary/aromatic N) is 1. The quantitative estimate of drug-likeness (QED) is 0.823. The van der Waals surface area contributed by atoms with Crippen LogP contribution in [0.25, 0.3) is 0 Å². The van der Waals surface area contributed by atoms with Crippen LogP contribution in [-0.2, 0) is 9.84 Å². The third-order valence-corrected chi connectivity index (χ3v) is 4.79. The maximum Gasteiger partial charge on any atom is 0.152 e. The highest BCUT2D eigenvalue weighted by Crippen LogP contribution is 2.27. The zero-order valence-corrected chi connectivity index (χ0v) is 10.5. The van der Waals surface area contributed by atoms with E-state index in [1.54, 1.807) is 18.3 Å². The van der Waals surface area contributed by atoms with Crippen molar-refractivity contribution in [3.8, 4) is 0 Å². The van der Waals surface area contributed by atoms with Crippen LogP contribution in [0.3, 0.4) is 0 Å². The van der Waals surface area contributed by atoms with E-state index in [1.165, 1.54) is 0 Å². The maximum atomic E-state index is 11.4. The first-order chi connectivity index (χ1) is 7.39. The van der Waals surface area contributed by atoms with Crippen LogP contribution in [0.15, 0.2) is 18.3 Å². The minimum Gasteiger partial charge on any atom is -0.379 e. The van der Waals surface area contributed by atoms with Gasteiger partial charge in [0, 0.05) is 17.4 Å². The second kappa shape index (κ2) is 3.89. The van der Waals surface area contributed by atoms with E-state index in [0.717, 1.165) is 5.69 Å². The lowest BCUT2D eigenvalue weighted by atomic mass is 10.0. The Bertz CT molecular complexity index is 503. The van der Waals surface area contributed by atoms with Crippen molar-refractivity contribution in [3.05, 3.63) is 23.5 Å². The number of halogens is 1. The molecule has 6 heteroatoms. The molecule has 1 aliphatic heterocycles. The van der Waals surface area contributed by atoms with E-state index in [-0.39, 0.29) is 11.5 Å². The smallest absolute Gasteiger partial charge is 0.152 e. The molecule has 2 heterocycles. The first kappa shape index (κ1) is 11.7. The summed E-state index contributed by atoms with van der Waals surface area (Å²) in [6, 6.07) is 3.47. The second-order valence-electron chi connectivity index (χ2n) is 4.39. The molecule has 0 aromatic carbocycles. The summed E-state index contributed by atoms with van der Waals surface area (Å²) in [5.41, 5.74) is 0.406. The van der Waals surface area contributed by atoms with Gasteiger partial charge in [-0.25, -0.2) is 13.4 Å². The highest BCUT2D eigenvalue weighted by Gasteiger charge is 2.38. The van der Waals surface area contributed by atoms with Crippen LogP contribution in [0.1, 0.15) is 13.3 Å². The van der Waals surface area contributed by atoms with Crippen molar-refractivity contribution in [3.63, 3.8) is 0 Å². The van der Waals surface area contributed by atoms with Crippen LogP contribution < -0.4 is 5.32 Å². The third-order valence-electron chi connectivity index (χ3n) is 2.68. The third kappa shape index (κ3) is 2.65. The molecule has 0 spiro atoms. The molecule has 0 amide bonds. The fraction of sp³-hybridized carbons (Fsp3) is 0.500. The Morgan fingerprint density at radius 1 is 1.56 bits per heavy atom. The predicted molar refractivity (Wildman–Crippen MR) is 64.5 cm³/mol. The molecular weight excluding hydrogens is 248 g/mol. The molecule has 0 aliphatic carbocycles. The van der Waals surface area contributed by atoms with Gasteiger partial charge in [0.2, 0.25) is 0 Å². The van der Waals surface area contributed by atoms with E-state index >= 15 is 0 Å². The fourth-order valence-electron chi connectivity index (χ4n) is 1.94. The van der Waals surface area contributed by atoms with Crippen molar-refractivity contribution in [2.45, 2.75) is 18.9 Å². The highest BCUT2D eigenvalue weighted by atomic mass is 35.5. The number of aromatic nitrogens is 1. The Morgan fingerprint density at radius 2 is 2.31 bits per heavy atom. The van der Waals surface area contributed by atoms with Crippen molar-refractivity contribution >= 4 is 27.1 Å². The molecule has 0 saturated carbocycles. The Labute approximate surface area is 99.9 Å². The van der Waals surface area contributed by atoms with Crippen LogP contribution in [-0.4, -0.2) is 30.4 Å². The average Bonchev–Trinajstić information content (AvgIpc) is 2.40. The normalized spacial score (nSPS) is 27.9. The minimum absolute atomic E-state index is 0.167. The van der Waals surface area contributed by atoms with Gasteiger partial charge in [-0.05, 0) is 25.5 Å². The molecule has 1 saturated heterocycles. The topological polar surface area (TPSA) is 59.1 Å². The van der Waals surface area contributed by atoms with Gasteiger partial charge in [0.25, 0.3) is 0 Å². The lowest BCUT2D eigenvalue weighted by Crippen LogP contribution is -2.35. The molecule has 1 N–H and O–H groups in total. The number of nitrogens with one attached hydrogen (secondary N) is 1. The second-order valence-corrected chi connectivity index (χ2v) is 6.97. The van der Waals surface area contributed by atoms with Gasteiger partial charge < -0.3 is 5.32 Å². The standard InChI is InChI=1S/C10H13ClN2O2S/c1-10(3-5-16(14,15)7-10)13-8-2-4-12-9(11)6-8/h2,4,6H,3,5,7H2,1H3,(H,12,13). The lowest BCUT2D eigenvalue weighted by Gasteiger charge is -2.25. The van der Waals surface area contributed by atoms with Gasteiger partial charge in [0.15, 0.2) is 9.84 Å². The van der Waals surface area contributed by atoms with Crippen LogP contribution in [0.4, 0.5) is 5.69 Å². The minimum atomic E-state index is -2.90. The van der Waals surface area contributed by atoms with Crippen LogP contribution >= 0.6 is 11.6 Å². The van der Waals surface area contributed by atoms with Gasteiger partial charge in [0.1, 0.15) is 5.15 Å². The summed E-state index contributed by atoms with van der Waals surface area (Å²) in [6.45, 7) is 1.91. The van der Waals surface area contributed by atoms with Crippen LogP contribution in [0.5, 0.6) is 0 Å². The molecule has 1 aliphatic rings. The molecule has 1 aromatic rings. The van der Waals surface area contributed by atoms with E-state index in [4.69, 9.17) is 11.6 Å². The number of pyridine rings is 1. The molecule has 2 rings (SSSR count). The predicted octanol–water partition coefficient (Wildman–Crippen LogP) is 1.72. The van der Waals surface area contributed by atoms with E-state index in [1.807, 2.05) is 6.92 Å². The van der Waals surface area contributed by atoms with Crippen LogP contribution in [0.2, 0.25) is 5.15 Å². The van der Waals surface area contributed by atoms with Gasteiger partial charge in [0.05, 0.1) is 11.5 Å².